The number of nitrogens with two attached hydrogens (primary N) is 1. The maximum Gasteiger partial charge on any atom is 0.270 e. The van der Waals surface area contributed by atoms with Crippen LogP contribution in [0.5, 0.6) is 0 Å². The molecule has 0 saturated heterocycles. The van der Waals surface area contributed by atoms with Crippen LogP contribution in [0.2, 0.25) is 0 Å². The second-order valence-corrected chi connectivity index (χ2v) is 5.00. The zero-order valence-electron chi connectivity index (χ0n) is 11.1. The summed E-state index contributed by atoms with van der Waals surface area (Å²) >= 11 is 0. The van der Waals surface area contributed by atoms with E-state index in [9.17, 15) is 20.0 Å². The molecule has 0 heterocycles. The minimum atomic E-state index is -1.06. The van der Waals surface area contributed by atoms with E-state index in [4.69, 9.17) is 5.73 Å². The van der Waals surface area contributed by atoms with Gasteiger partial charge in [0.15, 0.2) is 0 Å². The summed E-state index contributed by atoms with van der Waals surface area (Å²) in [5, 5.41) is 20.3. The van der Waals surface area contributed by atoms with Crippen LogP contribution < -0.4 is 5.73 Å². The number of carbonyl (C=O) groups is 1. The number of nitrogen functional groups attached to an aromatic ring is 1. The third kappa shape index (κ3) is 3.92. The summed E-state index contributed by atoms with van der Waals surface area (Å²) in [7, 11) is 1.50. The molecule has 0 bridgehead atoms. The maximum atomic E-state index is 12.1. The van der Waals surface area contributed by atoms with Gasteiger partial charge in [0.2, 0.25) is 0 Å². The van der Waals surface area contributed by atoms with Crippen LogP contribution in [0, 0.1) is 10.1 Å². The maximum absolute atomic E-state index is 12.1. The topological polar surface area (TPSA) is 110 Å². The lowest BCUT2D eigenvalue weighted by atomic mass is 10.1. The highest BCUT2D eigenvalue weighted by molar-refractivity contribution is 5.99. The van der Waals surface area contributed by atoms with Crippen LogP contribution in [-0.2, 0) is 0 Å². The minimum Gasteiger partial charge on any atom is -0.398 e. The fraction of sp³-hybridized carbons (Fsp3) is 0.417. The van der Waals surface area contributed by atoms with E-state index in [1.807, 2.05) is 0 Å². The highest BCUT2D eigenvalue weighted by Crippen LogP contribution is 2.21. The van der Waals surface area contributed by atoms with Gasteiger partial charge in [-0.25, -0.2) is 0 Å². The smallest absolute Gasteiger partial charge is 0.270 e. The molecule has 0 aliphatic heterocycles. The van der Waals surface area contributed by atoms with E-state index in [2.05, 4.69) is 0 Å². The Balaban J connectivity index is 3.05. The Morgan fingerprint density at radius 1 is 1.53 bits per heavy atom. The van der Waals surface area contributed by atoms with E-state index in [1.54, 1.807) is 13.8 Å². The van der Waals surface area contributed by atoms with Gasteiger partial charge < -0.3 is 15.7 Å². The van der Waals surface area contributed by atoms with Crippen LogP contribution in [0.4, 0.5) is 11.4 Å². The molecule has 0 saturated carbocycles. The number of nitrogens with zero attached hydrogens (tertiary/aromatic N) is 2. The number of anilines is 1. The van der Waals surface area contributed by atoms with E-state index in [0.717, 1.165) is 6.07 Å². The van der Waals surface area contributed by atoms with Gasteiger partial charge in [-0.1, -0.05) is 0 Å². The first-order valence-corrected chi connectivity index (χ1v) is 5.63. The molecule has 0 atom stereocenters. The molecule has 1 rings (SSSR count). The van der Waals surface area contributed by atoms with E-state index < -0.39 is 16.4 Å². The predicted octanol–water partition coefficient (Wildman–Crippen LogP) is 1.02. The van der Waals surface area contributed by atoms with Crippen molar-refractivity contribution in [2.24, 2.45) is 0 Å². The van der Waals surface area contributed by atoms with Gasteiger partial charge in [-0.2, -0.15) is 0 Å². The molecule has 104 valence electrons. The predicted molar refractivity (Wildman–Crippen MR) is 70.8 cm³/mol. The van der Waals surface area contributed by atoms with Crippen molar-refractivity contribution in [2.45, 2.75) is 19.4 Å². The van der Waals surface area contributed by atoms with Crippen molar-refractivity contribution in [3.05, 3.63) is 33.9 Å². The number of hydrogen-bond acceptors (Lipinski definition) is 5. The van der Waals surface area contributed by atoms with Gasteiger partial charge in [-0.3, -0.25) is 14.9 Å². The molecular formula is C12H17N3O4. The Morgan fingerprint density at radius 3 is 2.58 bits per heavy atom. The molecule has 0 spiro atoms. The number of carbonyl (C=O) groups excluding carboxylic acids is 1. The number of nitro benzene ring substituents is 1. The number of nitro groups is 1. The van der Waals surface area contributed by atoms with Crippen molar-refractivity contribution in [1.29, 1.82) is 0 Å². The molecule has 3 N–H and O–H groups in total. The van der Waals surface area contributed by atoms with Crippen molar-refractivity contribution in [1.82, 2.24) is 4.90 Å². The van der Waals surface area contributed by atoms with Gasteiger partial charge >= 0.3 is 0 Å². The summed E-state index contributed by atoms with van der Waals surface area (Å²) < 4.78 is 0. The first-order chi connectivity index (χ1) is 8.61. The van der Waals surface area contributed by atoms with E-state index in [-0.39, 0.29) is 23.5 Å². The summed E-state index contributed by atoms with van der Waals surface area (Å²) in [6.45, 7) is 3.22. The molecule has 1 amide bonds. The number of benzene rings is 1. The Morgan fingerprint density at radius 2 is 2.11 bits per heavy atom. The Bertz CT molecular complexity index is 508. The van der Waals surface area contributed by atoms with Crippen LogP contribution in [0.3, 0.4) is 0 Å². The molecule has 0 aliphatic carbocycles. The van der Waals surface area contributed by atoms with Gasteiger partial charge in [0.05, 0.1) is 16.1 Å². The molecule has 1 aromatic rings. The molecular weight excluding hydrogens is 250 g/mol. The van der Waals surface area contributed by atoms with Crippen LogP contribution in [-0.4, -0.2) is 40.0 Å². The quantitative estimate of drug-likeness (QED) is 0.481. The molecule has 19 heavy (non-hydrogen) atoms. The first-order valence-electron chi connectivity index (χ1n) is 5.63. The first kappa shape index (κ1) is 14.9. The molecule has 0 aromatic heterocycles. The number of rotatable bonds is 4. The Kier molecular flexibility index (Phi) is 4.10. The normalized spacial score (nSPS) is 11.2. The molecule has 0 unspecified atom stereocenters. The summed E-state index contributed by atoms with van der Waals surface area (Å²) in [5.74, 6) is -0.469. The summed E-state index contributed by atoms with van der Waals surface area (Å²) in [6.07, 6.45) is 0. The van der Waals surface area contributed by atoms with Gasteiger partial charge in [-0.05, 0) is 19.9 Å². The van der Waals surface area contributed by atoms with Gasteiger partial charge in [-0.15, -0.1) is 0 Å². The lowest BCUT2D eigenvalue weighted by Crippen LogP contribution is -2.39. The summed E-state index contributed by atoms with van der Waals surface area (Å²) in [4.78, 5) is 23.5. The molecule has 7 heteroatoms. The van der Waals surface area contributed by atoms with Gasteiger partial charge in [0.1, 0.15) is 0 Å². The highest BCUT2D eigenvalue weighted by atomic mass is 16.6. The molecule has 0 radical (unpaired) electrons. The van der Waals surface area contributed by atoms with E-state index >= 15 is 0 Å². The second kappa shape index (κ2) is 5.23. The number of hydrogen-bond donors (Lipinski definition) is 2. The summed E-state index contributed by atoms with van der Waals surface area (Å²) in [6, 6.07) is 3.70. The SMILES string of the molecule is CN(CC(C)(C)O)C(=O)c1cc([N+](=O)[O-])ccc1N. The van der Waals surface area contributed by atoms with Gasteiger partial charge in [0.25, 0.3) is 11.6 Å². The fourth-order valence-corrected chi connectivity index (χ4v) is 1.70. The van der Waals surface area contributed by atoms with Crippen molar-refractivity contribution in [2.75, 3.05) is 19.3 Å². The van der Waals surface area contributed by atoms with Gasteiger partial charge in [0, 0.05) is 31.4 Å². The molecule has 1 aromatic carbocycles. The molecule has 7 nitrogen and oxygen atoms in total. The lowest BCUT2D eigenvalue weighted by molar-refractivity contribution is -0.384. The zero-order valence-corrected chi connectivity index (χ0v) is 11.1. The fourth-order valence-electron chi connectivity index (χ4n) is 1.70. The number of non-ortho nitro benzene ring substituents is 1. The number of likely N-dealkylation sites (N-methyl/N-ethyl adjacent to an activating group) is 1. The largest absolute Gasteiger partial charge is 0.398 e. The van der Waals surface area contributed by atoms with E-state index in [1.165, 1.54) is 24.1 Å². The van der Waals surface area contributed by atoms with E-state index in [0.29, 0.717) is 0 Å². The summed E-state index contributed by atoms with van der Waals surface area (Å²) in [5.41, 5.74) is 4.63. The van der Waals surface area contributed by atoms with Crippen molar-refractivity contribution in [3.63, 3.8) is 0 Å². The molecule has 0 fully saturated rings. The molecule has 0 aliphatic rings. The lowest BCUT2D eigenvalue weighted by Gasteiger charge is -2.25. The average molecular weight is 267 g/mol. The third-order valence-electron chi connectivity index (χ3n) is 2.45. The average Bonchev–Trinajstić information content (AvgIpc) is 2.26. The number of aliphatic hydroxyl groups is 1. The van der Waals surface area contributed by atoms with Crippen molar-refractivity contribution < 1.29 is 14.8 Å². The van der Waals surface area contributed by atoms with Crippen molar-refractivity contribution in [3.8, 4) is 0 Å². The van der Waals surface area contributed by atoms with Crippen LogP contribution in [0.1, 0.15) is 24.2 Å². The van der Waals surface area contributed by atoms with Crippen LogP contribution in [0.15, 0.2) is 18.2 Å². The minimum absolute atomic E-state index is 0.0564. The van der Waals surface area contributed by atoms with Crippen molar-refractivity contribution >= 4 is 17.3 Å². The van der Waals surface area contributed by atoms with Crippen LogP contribution in [0.25, 0.3) is 0 Å². The number of amides is 1. The standard InChI is InChI=1S/C12H17N3O4/c1-12(2,17)7-14(3)11(16)9-6-8(15(18)19)4-5-10(9)13/h4-6,17H,7,13H2,1-3H3. The Hall–Kier alpha value is -2.15. The Labute approximate surface area is 110 Å². The monoisotopic (exact) mass is 267 g/mol. The third-order valence-corrected chi connectivity index (χ3v) is 2.45. The second-order valence-electron chi connectivity index (χ2n) is 5.00. The zero-order chi connectivity index (χ0) is 14.8. The highest BCUT2D eigenvalue weighted by Gasteiger charge is 2.23. The van der Waals surface area contributed by atoms with Crippen LogP contribution >= 0.6 is 0 Å².